The topological polar surface area (TPSA) is 90.3 Å². The molecule has 7 nitrogen and oxygen atoms in total. The zero-order valence-corrected chi connectivity index (χ0v) is 20.0. The average molecular weight is 477 g/mol. The summed E-state index contributed by atoms with van der Waals surface area (Å²) in [5, 5.41) is 23.4. The maximum absolute atomic E-state index is 13.5. The van der Waals surface area contributed by atoms with Crippen molar-refractivity contribution in [2.45, 2.75) is 93.4 Å². The van der Waals surface area contributed by atoms with E-state index in [0.29, 0.717) is 49.0 Å². The molecule has 2 bridgehead atoms. The average Bonchev–Trinajstić information content (AvgIpc) is 3.54. The maximum atomic E-state index is 13.5. The van der Waals surface area contributed by atoms with Gasteiger partial charge in [-0.1, -0.05) is 6.07 Å². The van der Waals surface area contributed by atoms with Gasteiger partial charge in [0.25, 0.3) is 11.8 Å². The number of amides is 2. The number of hydrogen-bond acceptors (Lipinski definition) is 6. The van der Waals surface area contributed by atoms with Crippen LogP contribution in [0.2, 0.25) is 0 Å². The van der Waals surface area contributed by atoms with Gasteiger partial charge < -0.3 is 14.9 Å². The molecule has 1 saturated heterocycles. The number of aromatic hydroxyl groups is 1. The largest absolute Gasteiger partial charge is 0.504 e. The summed E-state index contributed by atoms with van der Waals surface area (Å²) in [6.07, 6.45) is 7.74. The van der Waals surface area contributed by atoms with Crippen LogP contribution < -0.4 is 4.74 Å². The van der Waals surface area contributed by atoms with Crippen LogP contribution in [-0.4, -0.2) is 68.7 Å². The molecule has 8 rings (SSSR count). The van der Waals surface area contributed by atoms with Crippen molar-refractivity contribution in [3.05, 3.63) is 34.4 Å². The number of phenols is 1. The molecule has 1 aromatic rings. The second-order valence-corrected chi connectivity index (χ2v) is 12.0. The van der Waals surface area contributed by atoms with Crippen LogP contribution in [0.15, 0.2) is 23.3 Å². The van der Waals surface area contributed by atoms with Crippen molar-refractivity contribution in [1.29, 1.82) is 0 Å². The highest BCUT2D eigenvalue weighted by Gasteiger charge is 2.74. The second kappa shape index (κ2) is 6.68. The third-order valence-electron chi connectivity index (χ3n) is 10.5. The summed E-state index contributed by atoms with van der Waals surface area (Å²) in [4.78, 5) is 31.1. The number of benzene rings is 1. The van der Waals surface area contributed by atoms with Gasteiger partial charge in [0, 0.05) is 29.3 Å². The highest BCUT2D eigenvalue weighted by molar-refractivity contribution is 6.19. The normalized spacial score (nSPS) is 39.6. The molecule has 3 aliphatic heterocycles. The van der Waals surface area contributed by atoms with Gasteiger partial charge in [-0.05, 0) is 88.3 Å². The molecule has 2 saturated carbocycles. The Morgan fingerprint density at radius 2 is 1.77 bits per heavy atom. The van der Waals surface area contributed by atoms with Crippen LogP contribution in [0.4, 0.5) is 0 Å². The quantitative estimate of drug-likeness (QED) is 0.652. The first-order chi connectivity index (χ1) is 16.9. The molecular formula is C28H32N2O5. The molecule has 0 radical (unpaired) electrons. The van der Waals surface area contributed by atoms with E-state index in [9.17, 15) is 19.8 Å². The number of carbonyl (C=O) groups is 2. The number of carbonyl (C=O) groups excluding carboxylic acids is 2. The molecule has 4 aliphatic carbocycles. The molecular weight excluding hydrogens is 444 g/mol. The van der Waals surface area contributed by atoms with Gasteiger partial charge in [0.15, 0.2) is 11.5 Å². The number of phenolic OH excluding ortho intramolecular Hbond substituents is 1. The van der Waals surface area contributed by atoms with Crippen LogP contribution in [0.1, 0.15) is 68.9 Å². The fourth-order valence-corrected chi connectivity index (χ4v) is 8.78. The first-order valence-electron chi connectivity index (χ1n) is 13.5. The third kappa shape index (κ3) is 2.40. The Balaban J connectivity index is 1.26. The van der Waals surface area contributed by atoms with E-state index in [1.165, 1.54) is 17.7 Å². The first kappa shape index (κ1) is 20.8. The zero-order chi connectivity index (χ0) is 23.7. The minimum absolute atomic E-state index is 0.0109. The maximum Gasteiger partial charge on any atom is 0.257 e. The molecule has 1 aromatic carbocycles. The number of aliphatic hydroxyl groups is 1. The lowest BCUT2D eigenvalue weighted by molar-refractivity contribution is -0.201. The summed E-state index contributed by atoms with van der Waals surface area (Å²) >= 11 is 0. The van der Waals surface area contributed by atoms with E-state index in [-0.39, 0.29) is 23.6 Å². The lowest BCUT2D eigenvalue weighted by atomic mass is 9.48. The van der Waals surface area contributed by atoms with Crippen molar-refractivity contribution in [2.75, 3.05) is 13.1 Å². The highest BCUT2D eigenvalue weighted by Crippen LogP contribution is 2.66. The molecule has 3 heterocycles. The Hall–Kier alpha value is -2.38. The first-order valence-corrected chi connectivity index (χ1v) is 13.5. The van der Waals surface area contributed by atoms with Gasteiger partial charge in [0.1, 0.15) is 6.10 Å². The van der Waals surface area contributed by atoms with Gasteiger partial charge in [-0.3, -0.25) is 19.4 Å². The highest BCUT2D eigenvalue weighted by atomic mass is 16.5. The minimum Gasteiger partial charge on any atom is -0.504 e. The van der Waals surface area contributed by atoms with E-state index in [1.807, 2.05) is 6.07 Å². The lowest BCUT2D eigenvalue weighted by Crippen LogP contribution is -2.78. The van der Waals surface area contributed by atoms with Crippen LogP contribution in [0.3, 0.4) is 0 Å². The molecule has 0 aromatic heterocycles. The predicted molar refractivity (Wildman–Crippen MR) is 126 cm³/mol. The van der Waals surface area contributed by atoms with Crippen LogP contribution in [0, 0.1) is 5.92 Å². The summed E-state index contributed by atoms with van der Waals surface area (Å²) in [7, 11) is 0. The van der Waals surface area contributed by atoms with Crippen LogP contribution in [0.25, 0.3) is 0 Å². The van der Waals surface area contributed by atoms with Gasteiger partial charge in [0.2, 0.25) is 0 Å². The van der Waals surface area contributed by atoms with E-state index >= 15 is 0 Å². The van der Waals surface area contributed by atoms with Crippen molar-refractivity contribution >= 4 is 11.8 Å². The molecule has 184 valence electrons. The number of piperidine rings is 1. The summed E-state index contributed by atoms with van der Waals surface area (Å²) in [6.45, 7) is 1.89. The standard InChI is InChI=1S/C28H32N2O5/c31-20-8-7-16-13-21-28(34)10-9-19(30-25(32)17-3-1-2-4-18(17)26(30)33)24-27(28,22(16)23(20)35-24)11-12-29(21)14-15-5-6-15/h7-8,15,19,21,24,31,34H,1-6,9-14H2/t19?,21-,24+,27+,28-/m1/s1. The smallest absolute Gasteiger partial charge is 0.257 e. The number of hydrogen-bond donors (Lipinski definition) is 2. The molecule has 35 heavy (non-hydrogen) atoms. The molecule has 2 amide bonds. The molecule has 7 heteroatoms. The Morgan fingerprint density at radius 1 is 1.03 bits per heavy atom. The summed E-state index contributed by atoms with van der Waals surface area (Å²) in [5.41, 5.74) is 1.73. The molecule has 1 unspecified atom stereocenters. The van der Waals surface area contributed by atoms with Crippen molar-refractivity contribution in [1.82, 2.24) is 9.80 Å². The lowest BCUT2D eigenvalue weighted by Gasteiger charge is -2.64. The number of imide groups is 1. The second-order valence-electron chi connectivity index (χ2n) is 12.0. The van der Waals surface area contributed by atoms with Gasteiger partial charge >= 0.3 is 0 Å². The van der Waals surface area contributed by atoms with E-state index in [0.717, 1.165) is 49.4 Å². The van der Waals surface area contributed by atoms with Crippen LogP contribution in [-0.2, 0) is 21.4 Å². The van der Waals surface area contributed by atoms with Gasteiger partial charge in [-0.25, -0.2) is 0 Å². The Kier molecular flexibility index (Phi) is 3.97. The fraction of sp³-hybridized carbons (Fsp3) is 0.643. The van der Waals surface area contributed by atoms with Crippen molar-refractivity contribution in [3.63, 3.8) is 0 Å². The van der Waals surface area contributed by atoms with Gasteiger partial charge in [-0.2, -0.15) is 0 Å². The van der Waals surface area contributed by atoms with Gasteiger partial charge in [-0.15, -0.1) is 0 Å². The predicted octanol–water partition coefficient (Wildman–Crippen LogP) is 2.56. The summed E-state index contributed by atoms with van der Waals surface area (Å²) in [6, 6.07) is 3.25. The monoisotopic (exact) mass is 476 g/mol. The fourth-order valence-electron chi connectivity index (χ4n) is 8.78. The van der Waals surface area contributed by atoms with E-state index in [1.54, 1.807) is 6.07 Å². The van der Waals surface area contributed by atoms with E-state index < -0.39 is 23.2 Å². The Bertz CT molecular complexity index is 1190. The van der Waals surface area contributed by atoms with Crippen LogP contribution in [0.5, 0.6) is 11.5 Å². The van der Waals surface area contributed by atoms with E-state index in [4.69, 9.17) is 4.74 Å². The summed E-state index contributed by atoms with van der Waals surface area (Å²) < 4.78 is 6.59. The molecule has 7 aliphatic rings. The number of nitrogens with zero attached hydrogens (tertiary/aromatic N) is 2. The Morgan fingerprint density at radius 3 is 2.49 bits per heavy atom. The SMILES string of the molecule is O=C1C2=C(CCCC2)C(=O)N1C1CC[C@@]2(O)[C@H]3Cc4ccc(O)c5c4[C@@]2(CCN3CC2CC2)[C@H]1O5. The number of rotatable bonds is 3. The van der Waals surface area contributed by atoms with Crippen molar-refractivity contribution < 1.29 is 24.5 Å². The molecule has 5 atom stereocenters. The number of ether oxygens (including phenoxy) is 1. The van der Waals surface area contributed by atoms with Gasteiger partial charge in [0.05, 0.1) is 17.1 Å². The third-order valence-corrected chi connectivity index (χ3v) is 10.5. The Labute approximate surface area is 204 Å². The minimum atomic E-state index is -1.01. The van der Waals surface area contributed by atoms with Crippen molar-refractivity contribution in [3.8, 4) is 11.5 Å². The molecule has 3 fully saturated rings. The van der Waals surface area contributed by atoms with Crippen LogP contribution >= 0.6 is 0 Å². The van der Waals surface area contributed by atoms with E-state index in [2.05, 4.69) is 4.90 Å². The molecule has 1 spiro atoms. The molecule has 2 N–H and O–H groups in total. The summed E-state index contributed by atoms with van der Waals surface area (Å²) in [5.74, 6) is 0.972. The number of likely N-dealkylation sites (tertiary alicyclic amines) is 1. The zero-order valence-electron chi connectivity index (χ0n) is 20.0. The van der Waals surface area contributed by atoms with Crippen molar-refractivity contribution in [2.24, 2.45) is 5.92 Å².